The molecule has 2 unspecified atom stereocenters. The van der Waals surface area contributed by atoms with Gasteiger partial charge in [-0.3, -0.25) is 4.79 Å². The highest BCUT2D eigenvalue weighted by Crippen LogP contribution is 2.29. The average molecular weight is 287 g/mol. The highest BCUT2D eigenvalue weighted by molar-refractivity contribution is 5.96. The molecular weight excluding hydrogens is 271 g/mol. The van der Waals surface area contributed by atoms with Crippen molar-refractivity contribution in [3.05, 3.63) is 35.4 Å². The Hall–Kier alpha value is -1.40. The lowest BCUT2D eigenvalue weighted by Gasteiger charge is -2.28. The molecule has 0 spiro atoms. The van der Waals surface area contributed by atoms with Gasteiger partial charge in [0.2, 0.25) is 0 Å². The van der Waals surface area contributed by atoms with Crippen molar-refractivity contribution < 1.29 is 22.7 Å². The second-order valence-corrected chi connectivity index (χ2v) is 5.01. The summed E-state index contributed by atoms with van der Waals surface area (Å²) in [5, 5.41) is 3.19. The molecule has 0 aromatic heterocycles. The summed E-state index contributed by atoms with van der Waals surface area (Å²) in [6.07, 6.45) is -4.30. The SMILES string of the molecule is CC1COCC(CC(=O)c2cccc(C(F)(F)F)c2)N1. The van der Waals surface area contributed by atoms with Crippen LogP contribution in [0.2, 0.25) is 0 Å². The minimum absolute atomic E-state index is 0.0832. The number of alkyl halides is 3. The number of benzene rings is 1. The molecule has 1 heterocycles. The van der Waals surface area contributed by atoms with E-state index in [1.54, 1.807) is 0 Å². The van der Waals surface area contributed by atoms with Gasteiger partial charge in [-0.15, -0.1) is 0 Å². The zero-order chi connectivity index (χ0) is 14.8. The summed E-state index contributed by atoms with van der Waals surface area (Å²) in [7, 11) is 0. The van der Waals surface area contributed by atoms with Crippen molar-refractivity contribution in [1.82, 2.24) is 5.32 Å². The third-order valence-electron chi connectivity index (χ3n) is 3.15. The lowest BCUT2D eigenvalue weighted by molar-refractivity contribution is -0.137. The monoisotopic (exact) mass is 287 g/mol. The smallest absolute Gasteiger partial charge is 0.378 e. The molecule has 6 heteroatoms. The van der Waals surface area contributed by atoms with E-state index in [1.165, 1.54) is 12.1 Å². The molecule has 0 saturated carbocycles. The Morgan fingerprint density at radius 3 is 2.80 bits per heavy atom. The van der Waals surface area contributed by atoms with Crippen molar-refractivity contribution >= 4 is 5.78 Å². The number of ether oxygens (including phenoxy) is 1. The minimum Gasteiger partial charge on any atom is -0.378 e. The normalized spacial score (nSPS) is 23.6. The lowest BCUT2D eigenvalue weighted by atomic mass is 10.0. The fourth-order valence-electron chi connectivity index (χ4n) is 2.21. The highest BCUT2D eigenvalue weighted by atomic mass is 19.4. The quantitative estimate of drug-likeness (QED) is 0.869. The van der Waals surface area contributed by atoms with Gasteiger partial charge in [0.15, 0.2) is 5.78 Å². The molecular formula is C14H16F3NO2. The Morgan fingerprint density at radius 2 is 2.15 bits per heavy atom. The van der Waals surface area contributed by atoms with Crippen LogP contribution >= 0.6 is 0 Å². The molecule has 2 rings (SSSR count). The van der Waals surface area contributed by atoms with Gasteiger partial charge in [0.05, 0.1) is 18.8 Å². The maximum absolute atomic E-state index is 12.6. The van der Waals surface area contributed by atoms with E-state index in [0.29, 0.717) is 13.2 Å². The molecule has 1 aromatic carbocycles. The molecule has 0 radical (unpaired) electrons. The van der Waals surface area contributed by atoms with E-state index in [0.717, 1.165) is 12.1 Å². The van der Waals surface area contributed by atoms with Crippen molar-refractivity contribution in [2.45, 2.75) is 31.6 Å². The summed E-state index contributed by atoms with van der Waals surface area (Å²) < 4.78 is 43.1. The van der Waals surface area contributed by atoms with Crippen molar-refractivity contribution in [3.63, 3.8) is 0 Å². The van der Waals surface area contributed by atoms with E-state index in [-0.39, 0.29) is 29.9 Å². The van der Waals surface area contributed by atoms with Crippen LogP contribution in [0.1, 0.15) is 29.3 Å². The van der Waals surface area contributed by atoms with Crippen LogP contribution < -0.4 is 5.32 Å². The van der Waals surface area contributed by atoms with Gasteiger partial charge in [0.1, 0.15) is 0 Å². The van der Waals surface area contributed by atoms with Crippen molar-refractivity contribution in [1.29, 1.82) is 0 Å². The number of ketones is 1. The molecule has 110 valence electrons. The van der Waals surface area contributed by atoms with E-state index in [4.69, 9.17) is 4.74 Å². The Bertz CT molecular complexity index is 488. The largest absolute Gasteiger partial charge is 0.416 e. The van der Waals surface area contributed by atoms with Crippen molar-refractivity contribution in [2.24, 2.45) is 0 Å². The molecule has 0 aliphatic carbocycles. The van der Waals surface area contributed by atoms with Crippen LogP contribution in [0.3, 0.4) is 0 Å². The van der Waals surface area contributed by atoms with Crippen LogP contribution in [0.15, 0.2) is 24.3 Å². The summed E-state index contributed by atoms with van der Waals surface area (Å²) in [4.78, 5) is 12.0. The molecule has 0 bridgehead atoms. The Balaban J connectivity index is 2.05. The highest BCUT2D eigenvalue weighted by Gasteiger charge is 2.31. The third-order valence-corrected chi connectivity index (χ3v) is 3.15. The van der Waals surface area contributed by atoms with E-state index in [1.807, 2.05) is 6.92 Å². The number of nitrogens with one attached hydrogen (secondary N) is 1. The van der Waals surface area contributed by atoms with Crippen molar-refractivity contribution in [3.8, 4) is 0 Å². The molecule has 1 aliphatic heterocycles. The number of carbonyl (C=O) groups is 1. The number of hydrogen-bond acceptors (Lipinski definition) is 3. The number of halogens is 3. The Kier molecular flexibility index (Phi) is 4.45. The molecule has 1 saturated heterocycles. The Labute approximate surface area is 115 Å². The molecule has 1 aromatic rings. The second-order valence-electron chi connectivity index (χ2n) is 5.01. The molecule has 0 amide bonds. The predicted molar refractivity (Wildman–Crippen MR) is 67.6 cm³/mol. The maximum Gasteiger partial charge on any atom is 0.416 e. The second kappa shape index (κ2) is 5.93. The zero-order valence-corrected chi connectivity index (χ0v) is 11.0. The number of hydrogen-bond donors (Lipinski definition) is 1. The van der Waals surface area contributed by atoms with Crippen LogP contribution in [0.25, 0.3) is 0 Å². The standard InChI is InChI=1S/C14H16F3NO2/c1-9-7-20-8-12(18-9)6-13(19)10-3-2-4-11(5-10)14(15,16)17/h2-5,9,12,18H,6-8H2,1H3. The first-order valence-electron chi connectivity index (χ1n) is 6.40. The molecule has 3 nitrogen and oxygen atoms in total. The molecule has 1 fully saturated rings. The number of carbonyl (C=O) groups excluding carboxylic acids is 1. The van der Waals surface area contributed by atoms with Crippen LogP contribution in [0, 0.1) is 0 Å². The van der Waals surface area contributed by atoms with E-state index >= 15 is 0 Å². The molecule has 1 aliphatic rings. The van der Waals surface area contributed by atoms with Gasteiger partial charge in [-0.2, -0.15) is 13.2 Å². The van der Waals surface area contributed by atoms with Gasteiger partial charge in [-0.1, -0.05) is 12.1 Å². The molecule has 1 N–H and O–H groups in total. The first-order chi connectivity index (χ1) is 9.36. The van der Waals surface area contributed by atoms with Gasteiger partial charge in [0.25, 0.3) is 0 Å². The summed E-state index contributed by atoms with van der Waals surface area (Å²) in [6.45, 7) is 2.91. The van der Waals surface area contributed by atoms with Gasteiger partial charge in [0, 0.05) is 24.1 Å². The van der Waals surface area contributed by atoms with Gasteiger partial charge in [-0.05, 0) is 19.1 Å². The van der Waals surface area contributed by atoms with E-state index in [2.05, 4.69) is 5.32 Å². The Morgan fingerprint density at radius 1 is 1.40 bits per heavy atom. The van der Waals surface area contributed by atoms with Crippen LogP contribution in [0.5, 0.6) is 0 Å². The van der Waals surface area contributed by atoms with Crippen LogP contribution in [0.4, 0.5) is 13.2 Å². The topological polar surface area (TPSA) is 38.3 Å². The molecule has 20 heavy (non-hydrogen) atoms. The zero-order valence-electron chi connectivity index (χ0n) is 11.0. The van der Waals surface area contributed by atoms with Crippen molar-refractivity contribution in [2.75, 3.05) is 13.2 Å². The van der Waals surface area contributed by atoms with Gasteiger partial charge < -0.3 is 10.1 Å². The lowest BCUT2D eigenvalue weighted by Crippen LogP contribution is -2.48. The fraction of sp³-hybridized carbons (Fsp3) is 0.500. The summed E-state index contributed by atoms with van der Waals surface area (Å²) in [6, 6.07) is 4.51. The van der Waals surface area contributed by atoms with E-state index < -0.39 is 11.7 Å². The fourth-order valence-corrected chi connectivity index (χ4v) is 2.21. The van der Waals surface area contributed by atoms with E-state index in [9.17, 15) is 18.0 Å². The minimum atomic E-state index is -4.43. The number of rotatable bonds is 3. The van der Waals surface area contributed by atoms with Gasteiger partial charge >= 0.3 is 6.18 Å². The summed E-state index contributed by atoms with van der Waals surface area (Å²) in [5.74, 6) is -0.314. The van der Waals surface area contributed by atoms with Gasteiger partial charge in [-0.25, -0.2) is 0 Å². The summed E-state index contributed by atoms with van der Waals surface area (Å²) >= 11 is 0. The third kappa shape index (κ3) is 3.80. The molecule has 2 atom stereocenters. The van der Waals surface area contributed by atoms with Crippen LogP contribution in [-0.4, -0.2) is 31.1 Å². The van der Waals surface area contributed by atoms with Crippen LogP contribution in [-0.2, 0) is 10.9 Å². The number of morpholine rings is 1. The average Bonchev–Trinajstić information content (AvgIpc) is 2.38. The predicted octanol–water partition coefficient (Wildman–Crippen LogP) is 2.66. The maximum atomic E-state index is 12.6. The number of Topliss-reactive ketones (excluding diaryl/α,β-unsaturated/α-hetero) is 1. The first kappa shape index (κ1) is 15.0. The first-order valence-corrected chi connectivity index (χ1v) is 6.40. The summed E-state index contributed by atoms with van der Waals surface area (Å²) in [5.41, 5.74) is -0.718.